The Balaban J connectivity index is 3.10. The molecule has 6 nitrogen and oxygen atoms in total. The number of ether oxygens (including phenoxy) is 1. The van der Waals surface area contributed by atoms with Crippen molar-refractivity contribution in [2.75, 3.05) is 31.7 Å². The number of nitrogens with one attached hydrogen (secondary N) is 1. The molecule has 1 aromatic heterocycles. The first-order valence-electron chi connectivity index (χ1n) is 4.72. The van der Waals surface area contributed by atoms with Crippen molar-refractivity contribution in [3.63, 3.8) is 0 Å². The first kappa shape index (κ1) is 11.5. The highest BCUT2D eigenvalue weighted by atomic mass is 16.5. The van der Waals surface area contributed by atoms with E-state index in [-0.39, 0.29) is 17.9 Å². The van der Waals surface area contributed by atoms with E-state index in [2.05, 4.69) is 9.97 Å². The van der Waals surface area contributed by atoms with Crippen molar-refractivity contribution in [1.29, 1.82) is 0 Å². The number of aliphatic hydroxyl groups is 1. The van der Waals surface area contributed by atoms with Crippen LogP contribution in [0.1, 0.15) is 6.92 Å². The lowest BCUT2D eigenvalue weighted by atomic mass is 10.4. The summed E-state index contributed by atoms with van der Waals surface area (Å²) in [4.78, 5) is 19.6. The standard InChI is InChI=1S/C9H15N3O3/c1-3-12(4-5-13)8-7(15-2)9(14)11-6-10-8/h6,13H,3-5H2,1-2H3,(H,10,11,14). The van der Waals surface area contributed by atoms with Crippen LogP contribution in [-0.4, -0.2) is 41.9 Å². The summed E-state index contributed by atoms with van der Waals surface area (Å²) >= 11 is 0. The second-order valence-electron chi connectivity index (χ2n) is 2.89. The predicted molar refractivity (Wildman–Crippen MR) is 56.4 cm³/mol. The number of nitrogens with zero attached hydrogens (tertiary/aromatic N) is 2. The van der Waals surface area contributed by atoms with E-state index in [9.17, 15) is 4.79 Å². The average Bonchev–Trinajstić information content (AvgIpc) is 2.25. The third-order valence-electron chi connectivity index (χ3n) is 2.05. The van der Waals surface area contributed by atoms with E-state index >= 15 is 0 Å². The molecule has 1 aromatic rings. The number of H-pyrrole nitrogens is 1. The van der Waals surface area contributed by atoms with Crippen molar-refractivity contribution in [2.24, 2.45) is 0 Å². The normalized spacial score (nSPS) is 10.1. The number of rotatable bonds is 5. The van der Waals surface area contributed by atoms with Crippen molar-refractivity contribution in [3.8, 4) is 5.75 Å². The molecule has 1 rings (SSSR count). The van der Waals surface area contributed by atoms with Gasteiger partial charge in [0.05, 0.1) is 20.0 Å². The molecular weight excluding hydrogens is 198 g/mol. The Bertz CT molecular complexity index is 364. The monoisotopic (exact) mass is 213 g/mol. The van der Waals surface area contributed by atoms with Gasteiger partial charge in [-0.2, -0.15) is 0 Å². The number of likely N-dealkylation sites (N-methyl/N-ethyl adjacent to an activating group) is 1. The van der Waals surface area contributed by atoms with Crippen LogP contribution in [0.2, 0.25) is 0 Å². The van der Waals surface area contributed by atoms with Crippen LogP contribution in [0.15, 0.2) is 11.1 Å². The van der Waals surface area contributed by atoms with Gasteiger partial charge >= 0.3 is 0 Å². The SMILES string of the molecule is CCN(CCO)c1nc[nH]c(=O)c1OC. The van der Waals surface area contributed by atoms with E-state index in [1.54, 1.807) is 4.90 Å². The summed E-state index contributed by atoms with van der Waals surface area (Å²) in [6.07, 6.45) is 1.32. The highest BCUT2D eigenvalue weighted by Gasteiger charge is 2.14. The largest absolute Gasteiger partial charge is 0.489 e. The van der Waals surface area contributed by atoms with Gasteiger partial charge in [-0.15, -0.1) is 0 Å². The molecule has 6 heteroatoms. The fourth-order valence-corrected chi connectivity index (χ4v) is 1.32. The van der Waals surface area contributed by atoms with Crippen LogP contribution in [0.25, 0.3) is 0 Å². The van der Waals surface area contributed by atoms with Gasteiger partial charge in [-0.1, -0.05) is 0 Å². The zero-order valence-electron chi connectivity index (χ0n) is 8.86. The van der Waals surface area contributed by atoms with Gasteiger partial charge in [0.2, 0.25) is 5.75 Å². The van der Waals surface area contributed by atoms with E-state index in [1.165, 1.54) is 13.4 Å². The average molecular weight is 213 g/mol. The molecule has 0 aliphatic carbocycles. The van der Waals surface area contributed by atoms with Crippen LogP contribution in [0, 0.1) is 0 Å². The lowest BCUT2D eigenvalue weighted by Gasteiger charge is -2.21. The minimum absolute atomic E-state index is 0.00543. The van der Waals surface area contributed by atoms with Crippen molar-refractivity contribution < 1.29 is 9.84 Å². The fourth-order valence-electron chi connectivity index (χ4n) is 1.32. The highest BCUT2D eigenvalue weighted by molar-refractivity contribution is 5.50. The van der Waals surface area contributed by atoms with E-state index < -0.39 is 0 Å². The van der Waals surface area contributed by atoms with Gasteiger partial charge in [-0.05, 0) is 6.92 Å². The molecule has 0 aliphatic rings. The number of methoxy groups -OCH3 is 1. The Kier molecular flexibility index (Phi) is 4.11. The first-order valence-corrected chi connectivity index (χ1v) is 4.72. The van der Waals surface area contributed by atoms with E-state index in [1.807, 2.05) is 6.92 Å². The Morgan fingerprint density at radius 2 is 2.40 bits per heavy atom. The summed E-state index contributed by atoms with van der Waals surface area (Å²) in [5.41, 5.74) is -0.320. The second-order valence-corrected chi connectivity index (χ2v) is 2.89. The maximum Gasteiger partial charge on any atom is 0.295 e. The quantitative estimate of drug-likeness (QED) is 0.695. The van der Waals surface area contributed by atoms with Crippen LogP contribution in [0.5, 0.6) is 5.75 Å². The van der Waals surface area contributed by atoms with E-state index in [0.29, 0.717) is 18.9 Å². The number of anilines is 1. The molecule has 15 heavy (non-hydrogen) atoms. The first-order chi connectivity index (χ1) is 7.24. The van der Waals surface area contributed by atoms with Gasteiger partial charge < -0.3 is 19.7 Å². The van der Waals surface area contributed by atoms with Crippen molar-refractivity contribution in [1.82, 2.24) is 9.97 Å². The van der Waals surface area contributed by atoms with Gasteiger partial charge in [-0.25, -0.2) is 4.98 Å². The predicted octanol–water partition coefficient (Wildman–Crippen LogP) is -0.403. The lowest BCUT2D eigenvalue weighted by molar-refractivity contribution is 0.301. The number of aromatic amines is 1. The molecular formula is C9H15N3O3. The van der Waals surface area contributed by atoms with Crippen LogP contribution in [0.4, 0.5) is 5.82 Å². The molecule has 84 valence electrons. The summed E-state index contributed by atoms with van der Waals surface area (Å²) in [7, 11) is 1.42. The number of aromatic nitrogens is 2. The maximum atomic E-state index is 11.4. The molecule has 0 bridgehead atoms. The van der Waals surface area contributed by atoms with Gasteiger partial charge in [0.25, 0.3) is 5.56 Å². The molecule has 0 spiro atoms. The molecule has 1 heterocycles. The number of aliphatic hydroxyl groups excluding tert-OH is 1. The summed E-state index contributed by atoms with van der Waals surface area (Å²) < 4.78 is 4.98. The van der Waals surface area contributed by atoms with E-state index in [0.717, 1.165) is 0 Å². The van der Waals surface area contributed by atoms with Crippen LogP contribution in [-0.2, 0) is 0 Å². The Labute approximate surface area is 87.5 Å². The second kappa shape index (κ2) is 5.35. The molecule has 2 N–H and O–H groups in total. The smallest absolute Gasteiger partial charge is 0.295 e. The van der Waals surface area contributed by atoms with Crippen molar-refractivity contribution in [3.05, 3.63) is 16.7 Å². The van der Waals surface area contributed by atoms with Crippen molar-refractivity contribution in [2.45, 2.75) is 6.92 Å². The molecule has 0 aliphatic heterocycles. The van der Waals surface area contributed by atoms with Gasteiger partial charge in [0, 0.05) is 13.1 Å². The van der Waals surface area contributed by atoms with Gasteiger partial charge in [-0.3, -0.25) is 4.79 Å². The molecule has 0 amide bonds. The molecule has 0 atom stereocenters. The molecule has 0 aromatic carbocycles. The van der Waals surface area contributed by atoms with Crippen molar-refractivity contribution >= 4 is 5.82 Å². The zero-order valence-corrected chi connectivity index (χ0v) is 8.86. The van der Waals surface area contributed by atoms with Gasteiger partial charge in [0.1, 0.15) is 0 Å². The molecule has 0 unspecified atom stereocenters. The van der Waals surface area contributed by atoms with E-state index in [4.69, 9.17) is 9.84 Å². The number of hydrogen-bond acceptors (Lipinski definition) is 5. The minimum atomic E-state index is -0.320. The molecule has 0 radical (unpaired) electrons. The zero-order chi connectivity index (χ0) is 11.3. The van der Waals surface area contributed by atoms with Crippen LogP contribution >= 0.6 is 0 Å². The Hall–Kier alpha value is -1.56. The summed E-state index contributed by atoms with van der Waals surface area (Å²) in [6.45, 7) is 2.99. The summed E-state index contributed by atoms with van der Waals surface area (Å²) in [6, 6.07) is 0. The third kappa shape index (κ3) is 2.47. The molecule has 0 fully saturated rings. The lowest BCUT2D eigenvalue weighted by Crippen LogP contribution is -2.29. The van der Waals surface area contributed by atoms with Gasteiger partial charge in [0.15, 0.2) is 5.82 Å². The van der Waals surface area contributed by atoms with Crippen LogP contribution in [0.3, 0.4) is 0 Å². The summed E-state index contributed by atoms with van der Waals surface area (Å²) in [5, 5.41) is 8.87. The third-order valence-corrected chi connectivity index (χ3v) is 2.05. The highest BCUT2D eigenvalue weighted by Crippen LogP contribution is 2.19. The summed E-state index contributed by atoms with van der Waals surface area (Å²) in [5.74, 6) is 0.630. The Morgan fingerprint density at radius 3 is 2.93 bits per heavy atom. The van der Waals surface area contributed by atoms with Crippen LogP contribution < -0.4 is 15.2 Å². The number of hydrogen-bond donors (Lipinski definition) is 2. The topological polar surface area (TPSA) is 78.5 Å². The Morgan fingerprint density at radius 1 is 1.67 bits per heavy atom. The fraction of sp³-hybridized carbons (Fsp3) is 0.556. The minimum Gasteiger partial charge on any atom is -0.489 e. The molecule has 0 saturated carbocycles. The maximum absolute atomic E-state index is 11.4. The molecule has 0 saturated heterocycles.